The van der Waals surface area contributed by atoms with E-state index in [0.29, 0.717) is 6.61 Å². The number of benzene rings is 1. The number of hydrogen-bond acceptors (Lipinski definition) is 4. The van der Waals surface area contributed by atoms with E-state index < -0.39 is 6.10 Å². The summed E-state index contributed by atoms with van der Waals surface area (Å²) in [6, 6.07) is 7.50. The van der Waals surface area contributed by atoms with Crippen LogP contribution in [0.2, 0.25) is 0 Å². The zero-order valence-electron chi connectivity index (χ0n) is 9.30. The molecule has 2 atom stereocenters. The van der Waals surface area contributed by atoms with E-state index in [1.165, 1.54) is 0 Å². The molecule has 1 aliphatic rings. The molecule has 0 bridgehead atoms. The van der Waals surface area contributed by atoms with Gasteiger partial charge in [0.1, 0.15) is 11.9 Å². The Bertz CT molecular complexity index is 388. The van der Waals surface area contributed by atoms with Crippen LogP contribution < -0.4 is 4.74 Å². The van der Waals surface area contributed by atoms with Gasteiger partial charge in [0, 0.05) is 0 Å². The van der Waals surface area contributed by atoms with Crippen LogP contribution >= 0.6 is 0 Å². The number of esters is 1. The molecular weight excluding hydrogens is 208 g/mol. The van der Waals surface area contributed by atoms with Crippen molar-refractivity contribution in [3.63, 3.8) is 0 Å². The van der Waals surface area contributed by atoms with Gasteiger partial charge in [-0.05, 0) is 24.6 Å². The average molecular weight is 222 g/mol. The summed E-state index contributed by atoms with van der Waals surface area (Å²) < 4.78 is 15.3. The van der Waals surface area contributed by atoms with Gasteiger partial charge in [0.25, 0.3) is 0 Å². The van der Waals surface area contributed by atoms with Crippen LogP contribution in [0.15, 0.2) is 24.3 Å². The quantitative estimate of drug-likeness (QED) is 0.574. The van der Waals surface area contributed by atoms with E-state index in [1.54, 1.807) is 14.0 Å². The second kappa shape index (κ2) is 4.53. The number of hydrogen-bond donors (Lipinski definition) is 0. The fourth-order valence-corrected chi connectivity index (χ4v) is 1.59. The molecule has 86 valence electrons. The van der Waals surface area contributed by atoms with Crippen molar-refractivity contribution in [2.75, 3.05) is 13.7 Å². The smallest absolute Gasteiger partial charge is 0.338 e. The zero-order chi connectivity index (χ0) is 11.5. The van der Waals surface area contributed by atoms with Crippen molar-refractivity contribution in [2.45, 2.75) is 19.1 Å². The summed E-state index contributed by atoms with van der Waals surface area (Å²) in [5, 5.41) is 0. The van der Waals surface area contributed by atoms with E-state index in [9.17, 15) is 4.79 Å². The first-order chi connectivity index (χ1) is 7.76. The molecule has 1 aromatic carbocycles. The number of carbonyl (C=O) groups is 1. The number of epoxide rings is 1. The standard InChI is InChI=1S/C12H14O4/c1-3-15-12(13)11-10(16-11)8-5-4-6-9(7-8)14-2/h4-7,10-11H,3H2,1-2H3/t10-,11+/m0/s1. The molecule has 0 amide bonds. The molecule has 4 heteroatoms. The molecule has 4 nitrogen and oxygen atoms in total. The van der Waals surface area contributed by atoms with Gasteiger partial charge in [-0.15, -0.1) is 0 Å². The van der Waals surface area contributed by atoms with Crippen molar-refractivity contribution in [3.05, 3.63) is 29.8 Å². The second-order valence-corrected chi connectivity index (χ2v) is 3.51. The molecule has 1 aliphatic heterocycles. The lowest BCUT2D eigenvalue weighted by Gasteiger charge is -2.01. The SMILES string of the molecule is CCOC(=O)[C@@H]1O[C@H]1c1cccc(OC)c1. The van der Waals surface area contributed by atoms with Gasteiger partial charge in [0.15, 0.2) is 6.10 Å². The Balaban J connectivity index is 2.02. The van der Waals surface area contributed by atoms with Gasteiger partial charge >= 0.3 is 5.97 Å². The van der Waals surface area contributed by atoms with Crippen LogP contribution in [0.25, 0.3) is 0 Å². The minimum Gasteiger partial charge on any atom is -0.497 e. The Morgan fingerprint density at radius 1 is 1.50 bits per heavy atom. The summed E-state index contributed by atoms with van der Waals surface area (Å²) in [5.74, 6) is 0.464. The third kappa shape index (κ3) is 2.17. The van der Waals surface area contributed by atoms with Crippen LogP contribution in [-0.2, 0) is 14.3 Å². The van der Waals surface area contributed by atoms with Gasteiger partial charge in [0.05, 0.1) is 13.7 Å². The van der Waals surface area contributed by atoms with Crippen molar-refractivity contribution in [1.29, 1.82) is 0 Å². The monoisotopic (exact) mass is 222 g/mol. The Kier molecular flexibility index (Phi) is 3.10. The summed E-state index contributed by atoms with van der Waals surface area (Å²) in [7, 11) is 1.61. The molecule has 16 heavy (non-hydrogen) atoms. The van der Waals surface area contributed by atoms with Crippen LogP contribution in [-0.4, -0.2) is 25.8 Å². The first kappa shape index (κ1) is 11.0. The number of methoxy groups -OCH3 is 1. The van der Waals surface area contributed by atoms with Gasteiger partial charge < -0.3 is 14.2 Å². The number of ether oxygens (including phenoxy) is 3. The van der Waals surface area contributed by atoms with E-state index >= 15 is 0 Å². The summed E-state index contributed by atoms with van der Waals surface area (Å²) >= 11 is 0. The van der Waals surface area contributed by atoms with E-state index in [4.69, 9.17) is 14.2 Å². The molecule has 0 spiro atoms. The van der Waals surface area contributed by atoms with Gasteiger partial charge in [0.2, 0.25) is 0 Å². The molecule has 0 aliphatic carbocycles. The summed E-state index contributed by atoms with van der Waals surface area (Å²) in [5.41, 5.74) is 0.942. The largest absolute Gasteiger partial charge is 0.497 e. The molecule has 0 aromatic heterocycles. The maximum atomic E-state index is 11.4. The maximum Gasteiger partial charge on any atom is 0.338 e. The second-order valence-electron chi connectivity index (χ2n) is 3.51. The van der Waals surface area contributed by atoms with Crippen molar-refractivity contribution in [3.8, 4) is 5.75 Å². The lowest BCUT2D eigenvalue weighted by atomic mass is 10.1. The maximum absolute atomic E-state index is 11.4. The highest BCUT2D eigenvalue weighted by atomic mass is 16.6. The topological polar surface area (TPSA) is 48.1 Å². The average Bonchev–Trinajstić information content (AvgIpc) is 3.09. The predicted molar refractivity (Wildman–Crippen MR) is 57.2 cm³/mol. The molecule has 0 saturated carbocycles. The van der Waals surface area contributed by atoms with Gasteiger partial charge in [-0.1, -0.05) is 12.1 Å². The van der Waals surface area contributed by atoms with Crippen LogP contribution in [0.3, 0.4) is 0 Å². The summed E-state index contributed by atoms with van der Waals surface area (Å²) in [6.07, 6.45) is -0.638. The molecule has 0 N–H and O–H groups in total. The molecule has 1 fully saturated rings. The fourth-order valence-electron chi connectivity index (χ4n) is 1.59. The normalized spacial score (nSPS) is 22.6. The van der Waals surface area contributed by atoms with E-state index in [2.05, 4.69) is 0 Å². The number of carbonyl (C=O) groups excluding carboxylic acids is 1. The highest BCUT2D eigenvalue weighted by molar-refractivity contribution is 5.78. The van der Waals surface area contributed by atoms with Crippen molar-refractivity contribution in [1.82, 2.24) is 0 Å². The minimum atomic E-state index is -0.452. The molecule has 0 unspecified atom stereocenters. The van der Waals surface area contributed by atoms with Gasteiger partial charge in [-0.2, -0.15) is 0 Å². The molecule has 1 aromatic rings. The minimum absolute atomic E-state index is 0.186. The molecule has 0 radical (unpaired) electrons. The number of rotatable bonds is 4. The van der Waals surface area contributed by atoms with Crippen LogP contribution in [0.4, 0.5) is 0 Å². The molecule has 2 rings (SSSR count). The van der Waals surface area contributed by atoms with Crippen molar-refractivity contribution >= 4 is 5.97 Å². The third-order valence-corrected chi connectivity index (χ3v) is 2.43. The van der Waals surface area contributed by atoms with Gasteiger partial charge in [-0.3, -0.25) is 0 Å². The highest BCUT2D eigenvalue weighted by Gasteiger charge is 2.47. The Morgan fingerprint density at radius 2 is 2.31 bits per heavy atom. The van der Waals surface area contributed by atoms with E-state index in [0.717, 1.165) is 11.3 Å². The van der Waals surface area contributed by atoms with Crippen LogP contribution in [0.5, 0.6) is 5.75 Å². The Hall–Kier alpha value is -1.55. The van der Waals surface area contributed by atoms with Crippen molar-refractivity contribution < 1.29 is 19.0 Å². The van der Waals surface area contributed by atoms with Crippen LogP contribution in [0, 0.1) is 0 Å². The van der Waals surface area contributed by atoms with Gasteiger partial charge in [-0.25, -0.2) is 4.79 Å². The highest BCUT2D eigenvalue weighted by Crippen LogP contribution is 2.40. The summed E-state index contributed by atoms with van der Waals surface area (Å²) in [4.78, 5) is 11.4. The predicted octanol–water partition coefficient (Wildman–Crippen LogP) is 1.70. The van der Waals surface area contributed by atoms with E-state index in [-0.39, 0.29) is 12.1 Å². The molecule has 1 heterocycles. The molecule has 1 saturated heterocycles. The third-order valence-electron chi connectivity index (χ3n) is 2.43. The lowest BCUT2D eigenvalue weighted by molar-refractivity contribution is -0.144. The van der Waals surface area contributed by atoms with Crippen molar-refractivity contribution in [2.24, 2.45) is 0 Å². The van der Waals surface area contributed by atoms with E-state index in [1.807, 2.05) is 24.3 Å². The molecular formula is C12H14O4. The van der Waals surface area contributed by atoms with Crippen LogP contribution in [0.1, 0.15) is 18.6 Å². The Morgan fingerprint density at radius 3 is 3.00 bits per heavy atom. The lowest BCUT2D eigenvalue weighted by Crippen LogP contribution is -2.11. The first-order valence-electron chi connectivity index (χ1n) is 5.22. The zero-order valence-corrected chi connectivity index (χ0v) is 9.30. The first-order valence-corrected chi connectivity index (χ1v) is 5.22. The Labute approximate surface area is 94.1 Å². The fraction of sp³-hybridized carbons (Fsp3) is 0.417. The summed E-state index contributed by atoms with van der Waals surface area (Å²) in [6.45, 7) is 2.16.